The molecule has 0 radical (unpaired) electrons. The first-order valence-electron chi connectivity index (χ1n) is 9.48. The molecule has 132 valence electrons. The van der Waals surface area contributed by atoms with Crippen LogP contribution in [0.15, 0.2) is 42.5 Å². The minimum atomic E-state index is -0.555. The van der Waals surface area contributed by atoms with Gasteiger partial charge in [0.2, 0.25) is 0 Å². The third-order valence-electron chi connectivity index (χ3n) is 6.91. The second-order valence-corrected chi connectivity index (χ2v) is 8.64. The van der Waals surface area contributed by atoms with E-state index < -0.39 is 5.92 Å². The summed E-state index contributed by atoms with van der Waals surface area (Å²) in [6, 6.07) is 13.8. The van der Waals surface area contributed by atoms with Gasteiger partial charge in [0.15, 0.2) is 11.6 Å². The summed E-state index contributed by atoms with van der Waals surface area (Å²) in [6.45, 7) is 2.00. The summed E-state index contributed by atoms with van der Waals surface area (Å²) in [5.74, 6) is 0.694. The Bertz CT molecular complexity index is 886. The number of rotatable bonds is 2. The number of benzene rings is 2. The smallest absolute Gasteiger partial charge is 0.151 e. The van der Waals surface area contributed by atoms with Gasteiger partial charge < -0.3 is 0 Å². The molecule has 5 atom stereocenters. The van der Waals surface area contributed by atoms with Crippen LogP contribution in [0, 0.1) is 30.6 Å². The van der Waals surface area contributed by atoms with Crippen molar-refractivity contribution < 1.29 is 9.59 Å². The van der Waals surface area contributed by atoms with E-state index in [1.54, 1.807) is 0 Å². The molecule has 0 spiro atoms. The summed E-state index contributed by atoms with van der Waals surface area (Å²) in [4.78, 5) is 26.4. The topological polar surface area (TPSA) is 34.1 Å². The molecule has 0 N–H and O–H groups in total. The Kier molecular flexibility index (Phi) is 3.62. The van der Waals surface area contributed by atoms with Crippen LogP contribution in [0.1, 0.15) is 36.3 Å². The zero-order valence-corrected chi connectivity index (χ0v) is 15.5. The maximum absolute atomic E-state index is 13.2. The fraction of sp³-hybridized carbons (Fsp3) is 0.391. The third kappa shape index (κ3) is 2.24. The normalized spacial score (nSPS) is 32.3. The summed E-state index contributed by atoms with van der Waals surface area (Å²) in [7, 11) is 0. The largest absolute Gasteiger partial charge is 0.298 e. The van der Waals surface area contributed by atoms with Crippen molar-refractivity contribution >= 4 is 23.2 Å². The second kappa shape index (κ2) is 5.79. The minimum absolute atomic E-state index is 0.00941. The van der Waals surface area contributed by atoms with Gasteiger partial charge in [-0.1, -0.05) is 35.9 Å². The van der Waals surface area contributed by atoms with Gasteiger partial charge in [0.1, 0.15) is 5.92 Å². The predicted octanol–water partition coefficient (Wildman–Crippen LogP) is 5.21. The van der Waals surface area contributed by atoms with Gasteiger partial charge in [-0.05, 0) is 78.5 Å². The van der Waals surface area contributed by atoms with Crippen LogP contribution >= 0.6 is 11.6 Å². The number of aryl methyl sites for hydroxylation is 1. The quantitative estimate of drug-likeness (QED) is 0.685. The molecule has 0 amide bonds. The van der Waals surface area contributed by atoms with Crippen molar-refractivity contribution in [3.63, 3.8) is 0 Å². The summed E-state index contributed by atoms with van der Waals surface area (Å²) in [6.07, 6.45) is 3.34. The summed E-state index contributed by atoms with van der Waals surface area (Å²) in [5, 5.41) is 0.700. The van der Waals surface area contributed by atoms with E-state index in [-0.39, 0.29) is 23.4 Å². The molecule has 0 saturated heterocycles. The summed E-state index contributed by atoms with van der Waals surface area (Å²) < 4.78 is 0. The maximum Gasteiger partial charge on any atom is 0.151 e. The number of Topliss-reactive ketones (excluding diaryl/α,β-unsaturated/α-hetero) is 2. The van der Waals surface area contributed by atoms with Crippen molar-refractivity contribution in [2.75, 3.05) is 0 Å². The number of hydrogen-bond donors (Lipinski definition) is 0. The van der Waals surface area contributed by atoms with Crippen LogP contribution in [-0.2, 0) is 9.59 Å². The van der Waals surface area contributed by atoms with Crippen LogP contribution in [0.3, 0.4) is 0 Å². The van der Waals surface area contributed by atoms with Gasteiger partial charge in [-0.25, -0.2) is 0 Å². The minimum Gasteiger partial charge on any atom is -0.298 e. The maximum atomic E-state index is 13.2. The van der Waals surface area contributed by atoms with E-state index in [1.807, 2.05) is 43.3 Å². The van der Waals surface area contributed by atoms with Crippen LogP contribution in [0.2, 0.25) is 5.02 Å². The molecular weight excluding hydrogens is 344 g/mol. The van der Waals surface area contributed by atoms with Crippen LogP contribution in [-0.4, -0.2) is 11.6 Å². The van der Waals surface area contributed by atoms with Gasteiger partial charge >= 0.3 is 0 Å². The van der Waals surface area contributed by atoms with Gasteiger partial charge in [0.05, 0.1) is 0 Å². The van der Waals surface area contributed by atoms with E-state index in [4.69, 9.17) is 11.6 Å². The highest BCUT2D eigenvalue weighted by Crippen LogP contribution is 2.59. The highest BCUT2D eigenvalue weighted by atomic mass is 35.5. The predicted molar refractivity (Wildman–Crippen MR) is 102 cm³/mol. The van der Waals surface area contributed by atoms with Gasteiger partial charge in [0, 0.05) is 16.9 Å². The molecular formula is C23H21ClO2. The van der Waals surface area contributed by atoms with Crippen molar-refractivity contribution in [2.45, 2.75) is 32.1 Å². The Morgan fingerprint density at radius 2 is 1.42 bits per heavy atom. The molecule has 3 aliphatic rings. The number of halogens is 1. The first-order chi connectivity index (χ1) is 12.5. The van der Waals surface area contributed by atoms with Crippen molar-refractivity contribution in [2.24, 2.45) is 23.7 Å². The number of fused-ring (bicyclic) bond motifs is 5. The first kappa shape index (κ1) is 16.3. The Labute approximate surface area is 158 Å². The van der Waals surface area contributed by atoms with Gasteiger partial charge in [0.25, 0.3) is 0 Å². The Hall–Kier alpha value is -1.93. The molecule has 2 nitrogen and oxygen atoms in total. The molecule has 5 rings (SSSR count). The monoisotopic (exact) mass is 364 g/mol. The number of carbonyl (C=O) groups excluding carboxylic acids is 2. The van der Waals surface area contributed by atoms with Gasteiger partial charge in [-0.2, -0.15) is 0 Å². The molecule has 0 heterocycles. The molecule has 2 aromatic rings. The van der Waals surface area contributed by atoms with E-state index in [0.717, 1.165) is 41.5 Å². The van der Waals surface area contributed by atoms with E-state index in [9.17, 15) is 9.59 Å². The number of carbonyl (C=O) groups is 2. The van der Waals surface area contributed by atoms with E-state index >= 15 is 0 Å². The summed E-state index contributed by atoms with van der Waals surface area (Å²) in [5.41, 5.74) is 4.01. The lowest BCUT2D eigenvalue weighted by atomic mass is 9.81. The van der Waals surface area contributed by atoms with Gasteiger partial charge in [-0.15, -0.1) is 0 Å². The first-order valence-corrected chi connectivity index (χ1v) is 9.86. The molecule has 2 bridgehead atoms. The second-order valence-electron chi connectivity index (χ2n) is 8.20. The fourth-order valence-corrected chi connectivity index (χ4v) is 5.84. The molecule has 0 aliphatic heterocycles. The van der Waals surface area contributed by atoms with Crippen molar-refractivity contribution in [1.82, 2.24) is 0 Å². The highest BCUT2D eigenvalue weighted by Gasteiger charge is 2.61. The zero-order valence-electron chi connectivity index (χ0n) is 14.7. The molecule has 3 saturated carbocycles. The Balaban J connectivity index is 1.56. The average Bonchev–Trinajstić information content (AvgIpc) is 3.31. The molecule has 3 aliphatic carbocycles. The molecule has 0 aromatic heterocycles. The number of ketones is 2. The molecule has 26 heavy (non-hydrogen) atoms. The molecule has 2 aromatic carbocycles. The standard InChI is InChI=1S/C23H21ClO2/c1-12-2-3-14(13-6-8-17(24)9-7-13)11-18(12)21-22(25)19-15-4-5-16(10-15)20(19)23(21)26/h2-3,6-9,11,15-16,19-21H,4-5,10H2,1H3/t15-,16+,19-,20+,21?. The lowest BCUT2D eigenvalue weighted by molar-refractivity contribution is -0.125. The van der Waals surface area contributed by atoms with Crippen molar-refractivity contribution in [3.8, 4) is 11.1 Å². The fourth-order valence-electron chi connectivity index (χ4n) is 5.72. The highest BCUT2D eigenvalue weighted by molar-refractivity contribution is 6.30. The van der Waals surface area contributed by atoms with Crippen molar-refractivity contribution in [3.05, 3.63) is 58.6 Å². The van der Waals surface area contributed by atoms with E-state index in [2.05, 4.69) is 6.07 Å². The molecule has 3 heteroatoms. The molecule has 1 unspecified atom stereocenters. The van der Waals surface area contributed by atoms with Crippen LogP contribution in [0.5, 0.6) is 0 Å². The Morgan fingerprint density at radius 3 is 2.04 bits per heavy atom. The Morgan fingerprint density at radius 1 is 0.846 bits per heavy atom. The van der Waals surface area contributed by atoms with Crippen molar-refractivity contribution in [1.29, 1.82) is 0 Å². The lowest BCUT2D eigenvalue weighted by Gasteiger charge is -2.21. The van der Waals surface area contributed by atoms with Crippen LogP contribution in [0.4, 0.5) is 0 Å². The third-order valence-corrected chi connectivity index (χ3v) is 7.16. The van der Waals surface area contributed by atoms with E-state index in [0.29, 0.717) is 16.9 Å². The molecule has 3 fully saturated rings. The SMILES string of the molecule is Cc1ccc(-c2ccc(Cl)cc2)cc1C1C(=O)[C@@H]2[C@@H]3CC[C@@H](C3)[C@@H]2C1=O. The average molecular weight is 365 g/mol. The zero-order chi connectivity index (χ0) is 18.0. The van der Waals surface area contributed by atoms with Crippen LogP contribution in [0.25, 0.3) is 11.1 Å². The van der Waals surface area contributed by atoms with E-state index in [1.165, 1.54) is 0 Å². The lowest BCUT2D eigenvalue weighted by Crippen LogP contribution is -2.24. The summed E-state index contributed by atoms with van der Waals surface area (Å²) >= 11 is 6.00. The van der Waals surface area contributed by atoms with Crippen LogP contribution < -0.4 is 0 Å². The number of hydrogen-bond acceptors (Lipinski definition) is 2. The van der Waals surface area contributed by atoms with Gasteiger partial charge in [-0.3, -0.25) is 9.59 Å².